The fraction of sp³-hybridized carbons (Fsp3) is 0.429. The Morgan fingerprint density at radius 3 is 3.10 bits per heavy atom. The fourth-order valence-corrected chi connectivity index (χ4v) is 3.59. The number of halogens is 2. The van der Waals surface area contributed by atoms with Gasteiger partial charge in [-0.2, -0.15) is 4.98 Å². The van der Waals surface area contributed by atoms with E-state index in [1.165, 1.54) is 0 Å². The molecule has 1 aliphatic heterocycles. The summed E-state index contributed by atoms with van der Waals surface area (Å²) in [7, 11) is 0. The number of nitrogens with two attached hydrogens (primary N) is 1. The van der Waals surface area contributed by atoms with Crippen molar-refractivity contribution in [1.29, 1.82) is 0 Å². The molecular formula is C14H17BrIN5. The summed E-state index contributed by atoms with van der Waals surface area (Å²) in [5.74, 6) is 1.53. The van der Waals surface area contributed by atoms with Gasteiger partial charge in [0.15, 0.2) is 5.82 Å². The van der Waals surface area contributed by atoms with Gasteiger partial charge in [0.1, 0.15) is 0 Å². The zero-order valence-electron chi connectivity index (χ0n) is 11.7. The molecule has 0 saturated carbocycles. The lowest BCUT2D eigenvalue weighted by Crippen LogP contribution is -2.50. The second-order valence-corrected chi connectivity index (χ2v) is 7.43. The van der Waals surface area contributed by atoms with Gasteiger partial charge in [0, 0.05) is 32.2 Å². The molecule has 21 heavy (non-hydrogen) atoms. The summed E-state index contributed by atoms with van der Waals surface area (Å²) in [6.07, 6.45) is 2.16. The number of benzene rings is 1. The van der Waals surface area contributed by atoms with Crippen molar-refractivity contribution in [3.63, 3.8) is 0 Å². The molecule has 1 aromatic carbocycles. The molecule has 1 fully saturated rings. The summed E-state index contributed by atoms with van der Waals surface area (Å²) in [5.41, 5.74) is 7.21. The van der Waals surface area contributed by atoms with Gasteiger partial charge >= 0.3 is 0 Å². The van der Waals surface area contributed by atoms with Gasteiger partial charge in [-0.15, -0.1) is 5.10 Å². The standard InChI is InChI=1S/C14H17BrIN5/c1-8-12(17)3-2-6-21(8)14-18-13(19-20-14)10-7-9(15)4-5-11(10)16/h4-5,7-8,12H,2-3,6,17H2,1H3,(H,18,19,20). The molecule has 2 heterocycles. The lowest BCUT2D eigenvalue weighted by Gasteiger charge is -2.36. The number of aromatic nitrogens is 3. The Labute approximate surface area is 146 Å². The molecule has 2 aromatic rings. The van der Waals surface area contributed by atoms with Crippen LogP contribution in [0.4, 0.5) is 5.95 Å². The highest BCUT2D eigenvalue weighted by molar-refractivity contribution is 14.1. The van der Waals surface area contributed by atoms with E-state index in [1.54, 1.807) is 0 Å². The topological polar surface area (TPSA) is 70.8 Å². The fourth-order valence-electron chi connectivity index (χ4n) is 2.64. The van der Waals surface area contributed by atoms with Gasteiger partial charge in [-0.25, -0.2) is 0 Å². The SMILES string of the molecule is CC1C(N)CCCN1c1n[nH]c(-c2cc(Br)ccc2I)n1. The maximum atomic E-state index is 6.15. The van der Waals surface area contributed by atoms with Gasteiger partial charge in [0.2, 0.25) is 5.95 Å². The smallest absolute Gasteiger partial charge is 0.245 e. The molecule has 0 spiro atoms. The zero-order valence-corrected chi connectivity index (χ0v) is 15.4. The van der Waals surface area contributed by atoms with Gasteiger partial charge in [-0.05, 0) is 60.6 Å². The minimum Gasteiger partial charge on any atom is -0.335 e. The van der Waals surface area contributed by atoms with Gasteiger partial charge < -0.3 is 10.6 Å². The van der Waals surface area contributed by atoms with Gasteiger partial charge in [0.05, 0.1) is 0 Å². The Kier molecular flexibility index (Phi) is 4.51. The number of anilines is 1. The van der Waals surface area contributed by atoms with Crippen molar-refractivity contribution in [3.8, 4) is 11.4 Å². The van der Waals surface area contributed by atoms with Crippen molar-refractivity contribution >= 4 is 44.5 Å². The predicted octanol–water partition coefficient (Wildman–Crippen LogP) is 3.15. The first-order valence-electron chi connectivity index (χ1n) is 6.96. The van der Waals surface area contributed by atoms with E-state index in [9.17, 15) is 0 Å². The largest absolute Gasteiger partial charge is 0.335 e. The van der Waals surface area contributed by atoms with Crippen molar-refractivity contribution in [1.82, 2.24) is 15.2 Å². The highest BCUT2D eigenvalue weighted by atomic mass is 127. The van der Waals surface area contributed by atoms with Crippen LogP contribution in [-0.4, -0.2) is 33.8 Å². The first-order chi connectivity index (χ1) is 10.1. The van der Waals surface area contributed by atoms with Crippen LogP contribution in [-0.2, 0) is 0 Å². The van der Waals surface area contributed by atoms with Crippen LogP contribution in [0.25, 0.3) is 11.4 Å². The molecule has 3 N–H and O–H groups in total. The van der Waals surface area contributed by atoms with Crippen LogP contribution in [0.3, 0.4) is 0 Å². The first kappa shape index (κ1) is 15.2. The molecule has 2 atom stereocenters. The summed E-state index contributed by atoms with van der Waals surface area (Å²) in [5, 5.41) is 7.44. The number of nitrogens with zero attached hydrogens (tertiary/aromatic N) is 3. The van der Waals surface area contributed by atoms with Gasteiger partial charge in [-0.3, -0.25) is 5.10 Å². The Bertz CT molecular complexity index is 644. The summed E-state index contributed by atoms with van der Waals surface area (Å²) < 4.78 is 2.17. The molecule has 3 rings (SSSR count). The second-order valence-electron chi connectivity index (χ2n) is 5.35. The molecule has 1 aromatic heterocycles. The zero-order chi connectivity index (χ0) is 15.0. The summed E-state index contributed by atoms with van der Waals surface area (Å²) in [6.45, 7) is 3.10. The van der Waals surface area contributed by atoms with E-state index < -0.39 is 0 Å². The van der Waals surface area contributed by atoms with E-state index in [0.29, 0.717) is 0 Å². The average Bonchev–Trinajstić information content (AvgIpc) is 2.94. The molecule has 5 nitrogen and oxygen atoms in total. The normalized spacial score (nSPS) is 22.6. The van der Waals surface area contributed by atoms with Gasteiger partial charge in [-0.1, -0.05) is 15.9 Å². The highest BCUT2D eigenvalue weighted by Gasteiger charge is 2.28. The van der Waals surface area contributed by atoms with Crippen molar-refractivity contribution < 1.29 is 0 Å². The maximum Gasteiger partial charge on any atom is 0.245 e. The van der Waals surface area contributed by atoms with Crippen molar-refractivity contribution in [2.45, 2.75) is 31.8 Å². The van der Waals surface area contributed by atoms with Crippen LogP contribution in [0.15, 0.2) is 22.7 Å². The number of aromatic amines is 1. The third-order valence-electron chi connectivity index (χ3n) is 3.96. The van der Waals surface area contributed by atoms with E-state index in [2.05, 4.69) is 77.7 Å². The van der Waals surface area contributed by atoms with Crippen LogP contribution in [0.1, 0.15) is 19.8 Å². The molecule has 0 aliphatic carbocycles. The van der Waals surface area contributed by atoms with Crippen molar-refractivity contribution in [2.75, 3.05) is 11.4 Å². The molecule has 0 radical (unpaired) electrons. The van der Waals surface area contributed by atoms with E-state index in [0.717, 1.165) is 44.8 Å². The summed E-state index contributed by atoms with van der Waals surface area (Å²) in [4.78, 5) is 6.86. The molecule has 1 aliphatic rings. The van der Waals surface area contributed by atoms with Gasteiger partial charge in [0.25, 0.3) is 0 Å². The molecule has 7 heteroatoms. The van der Waals surface area contributed by atoms with E-state index in [4.69, 9.17) is 5.73 Å². The quantitative estimate of drug-likeness (QED) is 0.674. The number of rotatable bonds is 2. The lowest BCUT2D eigenvalue weighted by atomic mass is 9.99. The summed E-state index contributed by atoms with van der Waals surface area (Å²) >= 11 is 5.81. The molecule has 112 valence electrons. The Morgan fingerprint density at radius 2 is 2.29 bits per heavy atom. The molecule has 0 bridgehead atoms. The number of hydrogen-bond acceptors (Lipinski definition) is 4. The Hall–Kier alpha value is -0.670. The van der Waals surface area contributed by atoms with E-state index in [1.807, 2.05) is 6.07 Å². The minimum atomic E-state index is 0.187. The van der Waals surface area contributed by atoms with E-state index in [-0.39, 0.29) is 12.1 Å². The molecule has 1 saturated heterocycles. The highest BCUT2D eigenvalue weighted by Crippen LogP contribution is 2.28. The predicted molar refractivity (Wildman–Crippen MR) is 96.3 cm³/mol. The molecule has 0 amide bonds. The first-order valence-corrected chi connectivity index (χ1v) is 8.83. The third kappa shape index (κ3) is 3.09. The third-order valence-corrected chi connectivity index (χ3v) is 5.40. The molecular weight excluding hydrogens is 445 g/mol. The second kappa shape index (κ2) is 6.21. The lowest BCUT2D eigenvalue weighted by molar-refractivity contribution is 0.416. The minimum absolute atomic E-state index is 0.187. The molecule has 2 unspecified atom stereocenters. The number of hydrogen-bond donors (Lipinski definition) is 2. The van der Waals surface area contributed by atoms with Crippen LogP contribution in [0.2, 0.25) is 0 Å². The monoisotopic (exact) mass is 461 g/mol. The Balaban J connectivity index is 1.91. The van der Waals surface area contributed by atoms with Crippen molar-refractivity contribution in [3.05, 3.63) is 26.2 Å². The van der Waals surface area contributed by atoms with Crippen LogP contribution >= 0.6 is 38.5 Å². The van der Waals surface area contributed by atoms with Crippen LogP contribution in [0.5, 0.6) is 0 Å². The van der Waals surface area contributed by atoms with Crippen LogP contribution < -0.4 is 10.6 Å². The van der Waals surface area contributed by atoms with Crippen LogP contribution in [0, 0.1) is 3.57 Å². The van der Waals surface area contributed by atoms with Crippen molar-refractivity contribution in [2.24, 2.45) is 5.73 Å². The number of piperidine rings is 1. The maximum absolute atomic E-state index is 6.15. The average molecular weight is 462 g/mol. The Morgan fingerprint density at radius 1 is 1.48 bits per heavy atom. The number of nitrogens with one attached hydrogen (secondary N) is 1. The summed E-state index contributed by atoms with van der Waals surface area (Å²) in [6, 6.07) is 6.59. The number of H-pyrrole nitrogens is 1. The van der Waals surface area contributed by atoms with E-state index >= 15 is 0 Å².